The third-order valence-electron chi connectivity index (χ3n) is 2.30. The van der Waals surface area contributed by atoms with Crippen LogP contribution < -0.4 is 10.6 Å². The summed E-state index contributed by atoms with van der Waals surface area (Å²) in [6, 6.07) is 0.483. The smallest absolute Gasteiger partial charge is 0.227 e. The van der Waals surface area contributed by atoms with Crippen molar-refractivity contribution in [2.75, 3.05) is 19.3 Å². The molecule has 1 rings (SSSR count). The van der Waals surface area contributed by atoms with Crippen LogP contribution in [-0.2, 0) is 4.79 Å². The van der Waals surface area contributed by atoms with Crippen molar-refractivity contribution < 1.29 is 4.79 Å². The predicted molar refractivity (Wildman–Crippen MR) is 65.2 cm³/mol. The second-order valence-electron chi connectivity index (χ2n) is 4.44. The molecule has 0 aliphatic carbocycles. The number of aliphatic imine (C=N–C) groups is 1. The summed E-state index contributed by atoms with van der Waals surface area (Å²) in [5.41, 5.74) is -0.435. The van der Waals surface area contributed by atoms with Gasteiger partial charge in [0.15, 0.2) is 5.17 Å². The number of nitrogens with one attached hydrogen (secondary N) is 2. The summed E-state index contributed by atoms with van der Waals surface area (Å²) in [6.07, 6.45) is 0. The summed E-state index contributed by atoms with van der Waals surface area (Å²) < 4.78 is 0. The van der Waals surface area contributed by atoms with E-state index in [-0.39, 0.29) is 5.91 Å². The second-order valence-corrected chi connectivity index (χ2v) is 5.45. The zero-order valence-corrected chi connectivity index (χ0v) is 10.6. The number of amidine groups is 1. The molecule has 5 heteroatoms. The molecule has 0 aromatic carbocycles. The Kier molecular flexibility index (Phi) is 4.02. The molecule has 0 aromatic rings. The summed E-state index contributed by atoms with van der Waals surface area (Å²) in [5, 5.41) is 6.88. The third-order valence-corrected chi connectivity index (χ3v) is 3.49. The van der Waals surface area contributed by atoms with Gasteiger partial charge in [-0.2, -0.15) is 0 Å². The average molecular weight is 229 g/mol. The maximum absolute atomic E-state index is 11.5. The van der Waals surface area contributed by atoms with Crippen LogP contribution in [0, 0.1) is 5.41 Å². The molecule has 1 heterocycles. The topological polar surface area (TPSA) is 53.5 Å². The van der Waals surface area contributed by atoms with E-state index in [0.717, 1.165) is 10.9 Å². The summed E-state index contributed by atoms with van der Waals surface area (Å²) in [4.78, 5) is 15.9. The maximum atomic E-state index is 11.5. The number of hydrogen-bond donors (Lipinski definition) is 2. The summed E-state index contributed by atoms with van der Waals surface area (Å²) in [6.45, 7) is 6.45. The van der Waals surface area contributed by atoms with E-state index >= 15 is 0 Å². The van der Waals surface area contributed by atoms with Gasteiger partial charge in [0.2, 0.25) is 5.91 Å². The Morgan fingerprint density at radius 1 is 1.73 bits per heavy atom. The van der Waals surface area contributed by atoms with Crippen LogP contribution in [0.1, 0.15) is 20.8 Å². The number of thioether (sulfide) groups is 1. The molecular weight excluding hydrogens is 210 g/mol. The van der Waals surface area contributed by atoms with E-state index in [0.29, 0.717) is 12.6 Å². The van der Waals surface area contributed by atoms with Crippen molar-refractivity contribution in [1.82, 2.24) is 10.6 Å². The van der Waals surface area contributed by atoms with Gasteiger partial charge in [-0.1, -0.05) is 11.8 Å². The van der Waals surface area contributed by atoms with Crippen molar-refractivity contribution in [3.63, 3.8) is 0 Å². The molecule has 2 N–H and O–H groups in total. The molecule has 1 saturated heterocycles. The molecule has 0 spiro atoms. The SMILES string of the molecule is CNC(=O)C(C)(C)CN=C1NC(C)CS1. The highest BCUT2D eigenvalue weighted by molar-refractivity contribution is 8.14. The Balaban J connectivity index is 2.51. The lowest BCUT2D eigenvalue weighted by Crippen LogP contribution is -2.37. The van der Waals surface area contributed by atoms with E-state index in [1.165, 1.54) is 0 Å². The van der Waals surface area contributed by atoms with Crippen molar-refractivity contribution in [3.05, 3.63) is 0 Å². The van der Waals surface area contributed by atoms with Gasteiger partial charge in [0.1, 0.15) is 0 Å². The molecule has 0 saturated carbocycles. The fraction of sp³-hybridized carbons (Fsp3) is 0.800. The first-order valence-electron chi connectivity index (χ1n) is 5.11. The Morgan fingerprint density at radius 2 is 2.40 bits per heavy atom. The molecule has 4 nitrogen and oxygen atoms in total. The number of carbonyl (C=O) groups excluding carboxylic acids is 1. The molecule has 1 aliphatic rings. The van der Waals surface area contributed by atoms with Gasteiger partial charge >= 0.3 is 0 Å². The van der Waals surface area contributed by atoms with E-state index in [2.05, 4.69) is 22.5 Å². The van der Waals surface area contributed by atoms with Crippen LogP contribution in [0.3, 0.4) is 0 Å². The predicted octanol–water partition coefficient (Wildman–Crippen LogP) is 0.839. The minimum absolute atomic E-state index is 0.0305. The highest BCUT2D eigenvalue weighted by Crippen LogP contribution is 2.18. The Bertz CT molecular complexity index is 276. The normalized spacial score (nSPS) is 24.0. The molecule has 1 atom stereocenters. The highest BCUT2D eigenvalue weighted by Gasteiger charge is 2.27. The molecule has 0 aromatic heterocycles. The van der Waals surface area contributed by atoms with E-state index < -0.39 is 5.41 Å². The van der Waals surface area contributed by atoms with Crippen molar-refractivity contribution >= 4 is 22.8 Å². The summed E-state index contributed by atoms with van der Waals surface area (Å²) in [5.74, 6) is 1.09. The van der Waals surface area contributed by atoms with Gasteiger partial charge in [-0.3, -0.25) is 9.79 Å². The van der Waals surface area contributed by atoms with Crippen LogP contribution >= 0.6 is 11.8 Å². The molecule has 1 aliphatic heterocycles. The van der Waals surface area contributed by atoms with Gasteiger partial charge in [-0.05, 0) is 20.8 Å². The molecule has 1 fully saturated rings. The fourth-order valence-electron chi connectivity index (χ4n) is 1.27. The minimum Gasteiger partial charge on any atom is -0.362 e. The van der Waals surface area contributed by atoms with E-state index in [9.17, 15) is 4.79 Å². The largest absolute Gasteiger partial charge is 0.362 e. The molecule has 1 unspecified atom stereocenters. The molecule has 86 valence electrons. The molecular formula is C10H19N3OS. The lowest BCUT2D eigenvalue weighted by atomic mass is 9.93. The first kappa shape index (κ1) is 12.4. The third kappa shape index (κ3) is 3.41. The zero-order valence-electron chi connectivity index (χ0n) is 9.76. The standard InChI is InChI=1S/C10H19N3OS/c1-7-5-15-9(13-7)12-6-10(2,3)8(14)11-4/h7H,5-6H2,1-4H3,(H,11,14)(H,12,13). The van der Waals surface area contributed by atoms with Crippen LogP contribution in [0.25, 0.3) is 0 Å². The van der Waals surface area contributed by atoms with Crippen molar-refractivity contribution in [1.29, 1.82) is 0 Å². The zero-order chi connectivity index (χ0) is 11.5. The van der Waals surface area contributed by atoms with Crippen molar-refractivity contribution in [3.8, 4) is 0 Å². The first-order chi connectivity index (χ1) is 6.95. The van der Waals surface area contributed by atoms with Crippen molar-refractivity contribution in [2.45, 2.75) is 26.8 Å². The van der Waals surface area contributed by atoms with Gasteiger partial charge in [0.25, 0.3) is 0 Å². The highest BCUT2D eigenvalue weighted by atomic mass is 32.2. The van der Waals surface area contributed by atoms with Crippen LogP contribution in [0.5, 0.6) is 0 Å². The van der Waals surface area contributed by atoms with E-state index in [1.54, 1.807) is 18.8 Å². The monoisotopic (exact) mass is 229 g/mol. The number of amides is 1. The number of hydrogen-bond acceptors (Lipinski definition) is 3. The number of carbonyl (C=O) groups is 1. The lowest BCUT2D eigenvalue weighted by molar-refractivity contribution is -0.128. The fourth-order valence-corrected chi connectivity index (χ4v) is 2.20. The summed E-state index contributed by atoms with van der Waals surface area (Å²) >= 11 is 1.72. The number of rotatable bonds is 3. The Hall–Kier alpha value is -0.710. The van der Waals surface area contributed by atoms with Crippen LogP contribution in [0.15, 0.2) is 4.99 Å². The van der Waals surface area contributed by atoms with Crippen molar-refractivity contribution in [2.24, 2.45) is 10.4 Å². The van der Waals surface area contributed by atoms with E-state index in [1.807, 2.05) is 13.8 Å². The van der Waals surface area contributed by atoms with Gasteiger partial charge in [0.05, 0.1) is 12.0 Å². The molecule has 0 radical (unpaired) electrons. The van der Waals surface area contributed by atoms with Gasteiger partial charge < -0.3 is 10.6 Å². The van der Waals surface area contributed by atoms with Gasteiger partial charge in [-0.25, -0.2) is 0 Å². The molecule has 0 bridgehead atoms. The Morgan fingerprint density at radius 3 is 2.87 bits per heavy atom. The van der Waals surface area contributed by atoms with Crippen LogP contribution in [0.2, 0.25) is 0 Å². The quantitative estimate of drug-likeness (QED) is 0.754. The van der Waals surface area contributed by atoms with Gasteiger partial charge in [-0.15, -0.1) is 0 Å². The summed E-state index contributed by atoms with van der Waals surface area (Å²) in [7, 11) is 1.65. The molecule has 15 heavy (non-hydrogen) atoms. The van der Waals surface area contributed by atoms with Crippen LogP contribution in [-0.4, -0.2) is 36.5 Å². The minimum atomic E-state index is -0.435. The van der Waals surface area contributed by atoms with Crippen LogP contribution in [0.4, 0.5) is 0 Å². The maximum Gasteiger partial charge on any atom is 0.227 e. The Labute approximate surface area is 95.3 Å². The number of nitrogens with zero attached hydrogens (tertiary/aromatic N) is 1. The average Bonchev–Trinajstić information content (AvgIpc) is 2.60. The second kappa shape index (κ2) is 4.88. The van der Waals surface area contributed by atoms with Gasteiger partial charge in [0, 0.05) is 18.8 Å². The lowest BCUT2D eigenvalue weighted by Gasteiger charge is -2.20. The molecule has 1 amide bonds. The van der Waals surface area contributed by atoms with E-state index in [4.69, 9.17) is 0 Å². The first-order valence-corrected chi connectivity index (χ1v) is 6.10.